The number of ether oxygens (including phenoxy) is 1. The van der Waals surface area contributed by atoms with Gasteiger partial charge in [-0.05, 0) is 39.8 Å². The molecule has 1 amide bonds. The van der Waals surface area contributed by atoms with Gasteiger partial charge in [-0.1, -0.05) is 11.6 Å². The Morgan fingerprint density at radius 1 is 1.34 bits per heavy atom. The molecule has 0 spiro atoms. The summed E-state index contributed by atoms with van der Waals surface area (Å²) in [4.78, 5) is 26.0. The Bertz CT molecular complexity index is 1030. The third-order valence-corrected chi connectivity index (χ3v) is 5.69. The highest BCUT2D eigenvalue weighted by atomic mass is 35.5. The van der Waals surface area contributed by atoms with Crippen LogP contribution in [0, 0.1) is 0 Å². The topological polar surface area (TPSA) is 71.7 Å². The molecule has 4 rings (SSSR count). The molecule has 0 N–H and O–H groups in total. The van der Waals surface area contributed by atoms with Crippen LogP contribution in [0.2, 0.25) is 5.02 Å². The van der Waals surface area contributed by atoms with Crippen molar-refractivity contribution < 1.29 is 13.9 Å². The number of piperazine rings is 1. The van der Waals surface area contributed by atoms with E-state index in [0.717, 1.165) is 10.4 Å². The maximum absolute atomic E-state index is 12.4. The van der Waals surface area contributed by atoms with Crippen LogP contribution in [-0.4, -0.2) is 52.2 Å². The van der Waals surface area contributed by atoms with Gasteiger partial charge in [0.2, 0.25) is 0 Å². The van der Waals surface area contributed by atoms with E-state index < -0.39 is 5.60 Å². The molecule has 154 valence electrons. The largest absolute Gasteiger partial charge is 0.444 e. The van der Waals surface area contributed by atoms with Crippen molar-refractivity contribution in [1.29, 1.82) is 0 Å². The van der Waals surface area contributed by atoms with Crippen LogP contribution < -0.4 is 4.90 Å². The molecule has 1 saturated heterocycles. The number of oxazole rings is 1. The van der Waals surface area contributed by atoms with Crippen molar-refractivity contribution in [3.05, 3.63) is 28.9 Å². The lowest BCUT2D eigenvalue weighted by Crippen LogP contribution is -2.54. The second-order valence-corrected chi connectivity index (χ2v) is 9.46. The van der Waals surface area contributed by atoms with Gasteiger partial charge < -0.3 is 19.0 Å². The summed E-state index contributed by atoms with van der Waals surface area (Å²) in [7, 11) is 0. The van der Waals surface area contributed by atoms with Gasteiger partial charge in [0, 0.05) is 42.5 Å². The van der Waals surface area contributed by atoms with Crippen LogP contribution in [0.1, 0.15) is 27.7 Å². The first kappa shape index (κ1) is 20.0. The van der Waals surface area contributed by atoms with Crippen molar-refractivity contribution in [2.24, 2.45) is 0 Å². The summed E-state index contributed by atoms with van der Waals surface area (Å²) in [6, 6.07) is 4.24. The van der Waals surface area contributed by atoms with Crippen molar-refractivity contribution in [2.45, 2.75) is 39.3 Å². The Morgan fingerprint density at radius 2 is 2.14 bits per heavy atom. The van der Waals surface area contributed by atoms with Gasteiger partial charge in [0.15, 0.2) is 5.58 Å². The molecule has 3 heterocycles. The lowest BCUT2D eigenvalue weighted by molar-refractivity contribution is 0.0216. The minimum Gasteiger partial charge on any atom is -0.444 e. The number of rotatable bonds is 2. The molecule has 3 aromatic rings. The van der Waals surface area contributed by atoms with Crippen molar-refractivity contribution in [3.63, 3.8) is 0 Å². The van der Waals surface area contributed by atoms with E-state index in [9.17, 15) is 4.79 Å². The van der Waals surface area contributed by atoms with E-state index in [1.165, 1.54) is 11.3 Å². The highest BCUT2D eigenvalue weighted by Gasteiger charge is 2.32. The average molecular weight is 435 g/mol. The summed E-state index contributed by atoms with van der Waals surface area (Å²) in [6.45, 7) is 9.34. The van der Waals surface area contributed by atoms with E-state index in [1.807, 2.05) is 33.8 Å². The first-order valence-electron chi connectivity index (χ1n) is 9.45. The number of hydrogen-bond donors (Lipinski definition) is 0. The van der Waals surface area contributed by atoms with Crippen molar-refractivity contribution in [1.82, 2.24) is 14.9 Å². The number of anilines is 1. The molecule has 1 aliphatic rings. The molecule has 7 nitrogen and oxygen atoms in total. The normalized spacial score (nSPS) is 17.8. The van der Waals surface area contributed by atoms with Crippen LogP contribution >= 0.6 is 22.9 Å². The molecule has 0 saturated carbocycles. The van der Waals surface area contributed by atoms with Crippen LogP contribution in [0.15, 0.2) is 28.3 Å². The molecule has 1 atom stereocenters. The first-order valence-corrected chi connectivity index (χ1v) is 10.7. The van der Waals surface area contributed by atoms with Gasteiger partial charge in [0.1, 0.15) is 11.1 Å². The number of hydrogen-bond acceptors (Lipinski definition) is 7. The molecule has 0 aliphatic carbocycles. The van der Waals surface area contributed by atoms with E-state index in [0.29, 0.717) is 41.8 Å². The summed E-state index contributed by atoms with van der Waals surface area (Å²) < 4.78 is 11.7. The molecule has 9 heteroatoms. The fourth-order valence-corrected chi connectivity index (χ4v) is 4.22. The van der Waals surface area contributed by atoms with Gasteiger partial charge in [-0.2, -0.15) is 4.98 Å². The number of halogens is 1. The minimum absolute atomic E-state index is 0.0339. The van der Waals surface area contributed by atoms with E-state index >= 15 is 0 Å². The van der Waals surface area contributed by atoms with Crippen LogP contribution in [0.4, 0.5) is 10.8 Å². The summed E-state index contributed by atoms with van der Waals surface area (Å²) in [5.74, 6) is 0. The molecule has 0 unspecified atom stereocenters. The number of carbonyl (C=O) groups is 1. The maximum Gasteiger partial charge on any atom is 0.410 e. The number of nitrogens with zero attached hydrogens (tertiary/aromatic N) is 4. The minimum atomic E-state index is -0.510. The smallest absolute Gasteiger partial charge is 0.410 e. The van der Waals surface area contributed by atoms with Gasteiger partial charge in [-0.3, -0.25) is 4.98 Å². The van der Waals surface area contributed by atoms with Crippen molar-refractivity contribution in [2.75, 3.05) is 24.5 Å². The number of carbonyl (C=O) groups excluding carboxylic acids is 1. The molecule has 1 fully saturated rings. The molecule has 2 aromatic heterocycles. The third-order valence-electron chi connectivity index (χ3n) is 4.67. The number of benzene rings is 1. The first-order chi connectivity index (χ1) is 13.7. The Kier molecular flexibility index (Phi) is 5.16. The molecule has 0 radical (unpaired) electrons. The van der Waals surface area contributed by atoms with Gasteiger partial charge in [0.05, 0.1) is 10.4 Å². The van der Waals surface area contributed by atoms with E-state index in [2.05, 4.69) is 14.9 Å². The molecule has 29 heavy (non-hydrogen) atoms. The average Bonchev–Trinajstić information content (AvgIpc) is 3.29. The van der Waals surface area contributed by atoms with Gasteiger partial charge >= 0.3 is 6.09 Å². The highest BCUT2D eigenvalue weighted by Crippen LogP contribution is 2.36. The molecular formula is C20H23ClN4O3S. The van der Waals surface area contributed by atoms with Crippen LogP contribution in [0.5, 0.6) is 0 Å². The fourth-order valence-electron chi connectivity index (χ4n) is 3.38. The Morgan fingerprint density at radius 3 is 2.79 bits per heavy atom. The second kappa shape index (κ2) is 7.50. The van der Waals surface area contributed by atoms with E-state index in [-0.39, 0.29) is 12.1 Å². The zero-order valence-electron chi connectivity index (χ0n) is 16.8. The monoisotopic (exact) mass is 434 g/mol. The zero-order chi connectivity index (χ0) is 20.8. The predicted octanol–water partition coefficient (Wildman–Crippen LogP) is 5.05. The zero-order valence-corrected chi connectivity index (χ0v) is 18.4. The number of thiazole rings is 1. The Labute approximate surface area is 178 Å². The SMILES string of the molecule is C[C@H]1CN(C(=O)OC(C)(C)C)CCN1c1nc2cc(Cl)cc(-c3cncs3)c2o1. The lowest BCUT2D eigenvalue weighted by atomic mass is 10.2. The molecule has 0 bridgehead atoms. The van der Waals surface area contributed by atoms with Gasteiger partial charge in [-0.25, -0.2) is 4.79 Å². The predicted molar refractivity (Wildman–Crippen MR) is 115 cm³/mol. The van der Waals surface area contributed by atoms with Crippen LogP contribution in [0.3, 0.4) is 0 Å². The molecule has 1 aromatic carbocycles. The molecular weight excluding hydrogens is 412 g/mol. The van der Waals surface area contributed by atoms with Gasteiger partial charge in [0.25, 0.3) is 6.01 Å². The summed E-state index contributed by atoms with van der Waals surface area (Å²) in [5.41, 5.74) is 3.54. The number of aromatic nitrogens is 2. The quantitative estimate of drug-likeness (QED) is 0.562. The van der Waals surface area contributed by atoms with Crippen molar-refractivity contribution in [3.8, 4) is 10.4 Å². The number of fused-ring (bicyclic) bond motifs is 1. The summed E-state index contributed by atoms with van der Waals surface area (Å²) in [5, 5.41) is 0.601. The summed E-state index contributed by atoms with van der Waals surface area (Å²) in [6.07, 6.45) is 1.50. The Balaban J connectivity index is 1.58. The van der Waals surface area contributed by atoms with Crippen LogP contribution in [0.25, 0.3) is 21.5 Å². The number of amides is 1. The Hall–Kier alpha value is -2.32. The summed E-state index contributed by atoms with van der Waals surface area (Å²) >= 11 is 7.83. The van der Waals surface area contributed by atoms with E-state index in [4.69, 9.17) is 20.8 Å². The highest BCUT2D eigenvalue weighted by molar-refractivity contribution is 7.13. The molecule has 1 aliphatic heterocycles. The third kappa shape index (κ3) is 4.18. The van der Waals surface area contributed by atoms with E-state index in [1.54, 1.807) is 22.7 Å². The van der Waals surface area contributed by atoms with Crippen LogP contribution in [-0.2, 0) is 4.74 Å². The second-order valence-electron chi connectivity index (χ2n) is 8.13. The maximum atomic E-state index is 12.4. The standard InChI is InChI=1S/C20H23ClN4O3S/c1-12-10-24(19(26)28-20(2,3)4)5-6-25(12)18-23-15-8-13(21)7-14(17(15)27-18)16-9-22-11-29-16/h7-9,11-12H,5-6,10H2,1-4H3/t12-/m0/s1. The van der Waals surface area contributed by atoms with Gasteiger partial charge in [-0.15, -0.1) is 11.3 Å². The fraction of sp³-hybridized carbons (Fsp3) is 0.450. The van der Waals surface area contributed by atoms with Crippen molar-refractivity contribution >= 4 is 46.1 Å². The lowest BCUT2D eigenvalue weighted by Gasteiger charge is -2.39.